The first-order valence-electron chi connectivity index (χ1n) is 9.58. The molecule has 26 heavy (non-hydrogen) atoms. The highest BCUT2D eigenvalue weighted by molar-refractivity contribution is 5.78. The standard InChI is InChI=1S/C18H30N6O2/c1-14-16(15(2)21-20-14)12-19-18(26)24-10-8-22(9-11-24)13-17(25)23-6-4-3-5-7-23/h3-13H2,1-2H3,(H,19,26)(H,20,21). The van der Waals surface area contributed by atoms with Gasteiger partial charge in [0.15, 0.2) is 0 Å². The van der Waals surface area contributed by atoms with Gasteiger partial charge in [-0.05, 0) is 33.1 Å². The van der Waals surface area contributed by atoms with Crippen LogP contribution in [0.1, 0.15) is 36.2 Å². The number of aromatic nitrogens is 2. The Morgan fingerprint density at radius 3 is 2.31 bits per heavy atom. The molecule has 144 valence electrons. The molecule has 0 bridgehead atoms. The number of nitrogens with zero attached hydrogens (tertiary/aromatic N) is 4. The molecule has 1 aromatic heterocycles. The third-order valence-electron chi connectivity index (χ3n) is 5.42. The van der Waals surface area contributed by atoms with E-state index in [1.807, 2.05) is 23.6 Å². The molecule has 0 radical (unpaired) electrons. The lowest BCUT2D eigenvalue weighted by Gasteiger charge is -2.36. The van der Waals surface area contributed by atoms with E-state index in [-0.39, 0.29) is 11.9 Å². The Balaban J connectivity index is 1.40. The van der Waals surface area contributed by atoms with E-state index in [9.17, 15) is 9.59 Å². The van der Waals surface area contributed by atoms with Crippen molar-refractivity contribution in [3.63, 3.8) is 0 Å². The lowest BCUT2D eigenvalue weighted by atomic mass is 10.1. The highest BCUT2D eigenvalue weighted by Crippen LogP contribution is 2.11. The number of amides is 3. The van der Waals surface area contributed by atoms with E-state index in [1.165, 1.54) is 6.42 Å². The lowest BCUT2D eigenvalue weighted by molar-refractivity contribution is -0.133. The van der Waals surface area contributed by atoms with Crippen molar-refractivity contribution in [3.05, 3.63) is 17.0 Å². The van der Waals surface area contributed by atoms with Crippen LogP contribution in [0, 0.1) is 13.8 Å². The van der Waals surface area contributed by atoms with Crippen molar-refractivity contribution in [2.75, 3.05) is 45.8 Å². The fourth-order valence-corrected chi connectivity index (χ4v) is 3.65. The van der Waals surface area contributed by atoms with E-state index in [0.29, 0.717) is 26.2 Å². The molecule has 2 aliphatic heterocycles. The summed E-state index contributed by atoms with van der Waals surface area (Å²) >= 11 is 0. The Bertz CT molecular complexity index is 610. The van der Waals surface area contributed by atoms with E-state index < -0.39 is 0 Å². The van der Waals surface area contributed by atoms with Crippen LogP contribution in [0.15, 0.2) is 0 Å². The second kappa shape index (κ2) is 8.53. The second-order valence-electron chi connectivity index (χ2n) is 7.28. The normalized spacial score (nSPS) is 18.8. The predicted molar refractivity (Wildman–Crippen MR) is 98.7 cm³/mol. The van der Waals surface area contributed by atoms with Crippen molar-refractivity contribution < 1.29 is 9.59 Å². The van der Waals surface area contributed by atoms with Gasteiger partial charge in [-0.3, -0.25) is 14.8 Å². The molecule has 3 rings (SSSR count). The predicted octanol–water partition coefficient (Wildman–Crippen LogP) is 0.866. The molecule has 3 heterocycles. The van der Waals surface area contributed by atoms with Crippen LogP contribution in [0.3, 0.4) is 0 Å². The zero-order valence-corrected chi connectivity index (χ0v) is 15.9. The molecular formula is C18H30N6O2. The average Bonchev–Trinajstić information content (AvgIpc) is 2.99. The molecule has 2 N–H and O–H groups in total. The Hall–Kier alpha value is -2.09. The largest absolute Gasteiger partial charge is 0.342 e. The molecule has 0 saturated carbocycles. The monoisotopic (exact) mass is 362 g/mol. The van der Waals surface area contributed by atoms with Crippen LogP contribution >= 0.6 is 0 Å². The highest BCUT2D eigenvalue weighted by atomic mass is 16.2. The molecule has 0 spiro atoms. The maximum absolute atomic E-state index is 12.4. The smallest absolute Gasteiger partial charge is 0.317 e. The molecule has 0 aromatic carbocycles. The van der Waals surface area contributed by atoms with E-state index in [2.05, 4.69) is 20.4 Å². The molecule has 2 saturated heterocycles. The van der Waals surface area contributed by atoms with Gasteiger partial charge in [0, 0.05) is 57.1 Å². The first-order valence-corrected chi connectivity index (χ1v) is 9.58. The summed E-state index contributed by atoms with van der Waals surface area (Å²) in [7, 11) is 0. The Morgan fingerprint density at radius 1 is 1.00 bits per heavy atom. The van der Waals surface area contributed by atoms with Gasteiger partial charge in [0.1, 0.15) is 0 Å². The topological polar surface area (TPSA) is 84.6 Å². The van der Waals surface area contributed by atoms with Crippen LogP contribution in [0.5, 0.6) is 0 Å². The first kappa shape index (κ1) is 18.7. The number of H-pyrrole nitrogens is 1. The molecular weight excluding hydrogens is 332 g/mol. The van der Waals surface area contributed by atoms with Gasteiger partial charge in [0.05, 0.1) is 12.2 Å². The van der Waals surface area contributed by atoms with Crippen LogP contribution < -0.4 is 5.32 Å². The maximum Gasteiger partial charge on any atom is 0.317 e. The summed E-state index contributed by atoms with van der Waals surface area (Å²) in [5.41, 5.74) is 2.96. The number of aryl methyl sites for hydroxylation is 2. The minimum Gasteiger partial charge on any atom is -0.342 e. The average molecular weight is 362 g/mol. The van der Waals surface area contributed by atoms with E-state index in [4.69, 9.17) is 0 Å². The molecule has 2 fully saturated rings. The molecule has 0 unspecified atom stereocenters. The van der Waals surface area contributed by atoms with Crippen molar-refractivity contribution in [2.45, 2.75) is 39.7 Å². The Morgan fingerprint density at radius 2 is 1.69 bits per heavy atom. The second-order valence-corrected chi connectivity index (χ2v) is 7.28. The number of piperazine rings is 1. The third-order valence-corrected chi connectivity index (χ3v) is 5.42. The van der Waals surface area contributed by atoms with Crippen LogP contribution in [-0.2, 0) is 11.3 Å². The van der Waals surface area contributed by atoms with Gasteiger partial charge < -0.3 is 15.1 Å². The Kier molecular flexibility index (Phi) is 6.13. The number of aromatic amines is 1. The fourth-order valence-electron chi connectivity index (χ4n) is 3.65. The van der Waals surface area contributed by atoms with E-state index >= 15 is 0 Å². The molecule has 1 aromatic rings. The van der Waals surface area contributed by atoms with E-state index in [1.54, 1.807) is 0 Å². The van der Waals surface area contributed by atoms with Gasteiger partial charge >= 0.3 is 6.03 Å². The summed E-state index contributed by atoms with van der Waals surface area (Å²) < 4.78 is 0. The van der Waals surface area contributed by atoms with E-state index in [0.717, 1.165) is 56.0 Å². The van der Waals surface area contributed by atoms with Crippen molar-refractivity contribution in [1.29, 1.82) is 0 Å². The number of urea groups is 1. The van der Waals surface area contributed by atoms with Crippen LogP contribution in [0.25, 0.3) is 0 Å². The summed E-state index contributed by atoms with van der Waals surface area (Å²) in [5, 5.41) is 10.1. The number of carbonyl (C=O) groups is 2. The summed E-state index contributed by atoms with van der Waals surface area (Å²) in [6.45, 7) is 9.45. The summed E-state index contributed by atoms with van der Waals surface area (Å²) in [5.74, 6) is 0.230. The van der Waals surface area contributed by atoms with Crippen molar-refractivity contribution >= 4 is 11.9 Å². The lowest BCUT2D eigenvalue weighted by Crippen LogP contribution is -2.53. The number of piperidine rings is 1. The Labute approximate surface area is 154 Å². The zero-order valence-electron chi connectivity index (χ0n) is 15.9. The summed E-state index contributed by atoms with van der Waals surface area (Å²) in [6, 6.07) is -0.0491. The number of nitrogens with one attached hydrogen (secondary N) is 2. The minimum absolute atomic E-state index is 0.0491. The zero-order chi connectivity index (χ0) is 18.5. The fraction of sp³-hybridized carbons (Fsp3) is 0.722. The van der Waals surface area contributed by atoms with Gasteiger partial charge in [-0.15, -0.1) is 0 Å². The minimum atomic E-state index is -0.0491. The SMILES string of the molecule is Cc1n[nH]c(C)c1CNC(=O)N1CCN(CC(=O)N2CCCCC2)CC1. The molecule has 3 amide bonds. The summed E-state index contributed by atoms with van der Waals surface area (Å²) in [4.78, 5) is 30.7. The quantitative estimate of drug-likeness (QED) is 0.832. The van der Waals surface area contributed by atoms with Gasteiger partial charge in [-0.2, -0.15) is 5.10 Å². The van der Waals surface area contributed by atoms with Crippen LogP contribution in [0.2, 0.25) is 0 Å². The van der Waals surface area contributed by atoms with Gasteiger partial charge in [-0.25, -0.2) is 4.79 Å². The maximum atomic E-state index is 12.4. The highest BCUT2D eigenvalue weighted by Gasteiger charge is 2.24. The van der Waals surface area contributed by atoms with Gasteiger partial charge in [0.25, 0.3) is 0 Å². The molecule has 0 aliphatic carbocycles. The molecule has 2 aliphatic rings. The van der Waals surface area contributed by atoms with Crippen molar-refractivity contribution in [2.24, 2.45) is 0 Å². The van der Waals surface area contributed by atoms with Crippen molar-refractivity contribution in [3.8, 4) is 0 Å². The molecule has 8 heteroatoms. The molecule has 8 nitrogen and oxygen atoms in total. The van der Waals surface area contributed by atoms with Gasteiger partial charge in [0.2, 0.25) is 5.91 Å². The number of likely N-dealkylation sites (tertiary alicyclic amines) is 1. The van der Waals surface area contributed by atoms with Gasteiger partial charge in [-0.1, -0.05) is 0 Å². The van der Waals surface area contributed by atoms with Crippen LogP contribution in [-0.4, -0.2) is 82.6 Å². The first-order chi connectivity index (χ1) is 12.5. The number of hydrogen-bond donors (Lipinski definition) is 2. The summed E-state index contributed by atoms with van der Waals surface area (Å²) in [6.07, 6.45) is 3.47. The molecule has 0 atom stereocenters. The number of hydrogen-bond acceptors (Lipinski definition) is 4. The van der Waals surface area contributed by atoms with Crippen LogP contribution in [0.4, 0.5) is 4.79 Å². The number of rotatable bonds is 4. The number of carbonyl (C=O) groups excluding carboxylic acids is 2. The third kappa shape index (κ3) is 4.55. The van der Waals surface area contributed by atoms with Crippen molar-refractivity contribution in [1.82, 2.24) is 30.2 Å².